The van der Waals surface area contributed by atoms with Gasteiger partial charge in [0.15, 0.2) is 5.82 Å². The summed E-state index contributed by atoms with van der Waals surface area (Å²) in [6.45, 7) is 6.13. The summed E-state index contributed by atoms with van der Waals surface area (Å²) < 4.78 is 5.08. The number of nitrogens with one attached hydrogen (secondary N) is 2. The molecule has 1 aromatic carbocycles. The molecule has 150 valence electrons. The van der Waals surface area contributed by atoms with Crippen LogP contribution < -0.4 is 10.6 Å². The van der Waals surface area contributed by atoms with E-state index in [0.29, 0.717) is 48.3 Å². The number of hydrogen-bond acceptors (Lipinski definition) is 5. The van der Waals surface area contributed by atoms with Gasteiger partial charge in [0, 0.05) is 43.7 Å². The molecule has 0 bridgehead atoms. The Morgan fingerprint density at radius 1 is 1.29 bits per heavy atom. The van der Waals surface area contributed by atoms with Crippen LogP contribution in [0.1, 0.15) is 48.8 Å². The van der Waals surface area contributed by atoms with Crippen LogP contribution in [0.25, 0.3) is 0 Å². The predicted octanol–water partition coefficient (Wildman–Crippen LogP) is 2.87. The lowest BCUT2D eigenvalue weighted by atomic mass is 9.99. The second-order valence-corrected chi connectivity index (χ2v) is 7.16. The van der Waals surface area contributed by atoms with E-state index in [1.54, 1.807) is 24.3 Å². The first-order valence-electron chi connectivity index (χ1n) is 9.80. The van der Waals surface area contributed by atoms with Crippen molar-refractivity contribution in [1.82, 2.24) is 20.4 Å². The molecule has 0 spiro atoms. The van der Waals surface area contributed by atoms with Gasteiger partial charge in [-0.1, -0.05) is 19.0 Å². The zero-order valence-corrected chi connectivity index (χ0v) is 16.4. The number of nitrogens with zero attached hydrogens (tertiary/aromatic N) is 3. The standard InChI is InChI=1S/C20H27N5O3/c1-3-17-23-18(28-24-17)10-11-21-20(27)22-16-8-6-15(7-9-16)19(26)25-12-4-5-14(2)13-25/h6-9,14H,3-5,10-13H2,1-2H3,(H2,21,22,27). The molecule has 1 aliphatic rings. The molecule has 2 aromatic rings. The topological polar surface area (TPSA) is 100 Å². The van der Waals surface area contributed by atoms with Crippen LogP contribution in [0, 0.1) is 5.92 Å². The van der Waals surface area contributed by atoms with E-state index in [-0.39, 0.29) is 11.9 Å². The minimum atomic E-state index is -0.320. The normalized spacial score (nSPS) is 16.6. The molecule has 1 atom stereocenters. The van der Waals surface area contributed by atoms with E-state index in [1.165, 1.54) is 6.42 Å². The van der Waals surface area contributed by atoms with Crippen molar-refractivity contribution in [3.63, 3.8) is 0 Å². The number of benzene rings is 1. The fourth-order valence-corrected chi connectivity index (χ4v) is 3.25. The molecule has 3 rings (SSSR count). The quantitative estimate of drug-likeness (QED) is 0.796. The summed E-state index contributed by atoms with van der Waals surface area (Å²) in [6, 6.07) is 6.67. The molecule has 1 aromatic heterocycles. The van der Waals surface area contributed by atoms with Crippen molar-refractivity contribution in [2.24, 2.45) is 5.92 Å². The molecule has 1 saturated heterocycles. The van der Waals surface area contributed by atoms with Crippen LogP contribution in [-0.4, -0.2) is 46.6 Å². The summed E-state index contributed by atoms with van der Waals surface area (Å²) in [4.78, 5) is 30.7. The molecule has 2 heterocycles. The third-order valence-corrected chi connectivity index (χ3v) is 4.78. The number of likely N-dealkylation sites (tertiary alicyclic amines) is 1. The van der Waals surface area contributed by atoms with E-state index >= 15 is 0 Å². The minimum Gasteiger partial charge on any atom is -0.339 e. The molecule has 3 amide bonds. The van der Waals surface area contributed by atoms with Gasteiger partial charge in [-0.25, -0.2) is 4.79 Å². The Morgan fingerprint density at radius 2 is 2.07 bits per heavy atom. The van der Waals surface area contributed by atoms with E-state index < -0.39 is 0 Å². The molecule has 2 N–H and O–H groups in total. The zero-order chi connectivity index (χ0) is 19.9. The summed E-state index contributed by atoms with van der Waals surface area (Å²) in [5.74, 6) is 1.76. The first-order chi connectivity index (χ1) is 13.5. The summed E-state index contributed by atoms with van der Waals surface area (Å²) in [6.07, 6.45) is 3.42. The second kappa shape index (κ2) is 9.34. The second-order valence-electron chi connectivity index (χ2n) is 7.16. The van der Waals surface area contributed by atoms with Crippen molar-refractivity contribution >= 4 is 17.6 Å². The number of urea groups is 1. The lowest BCUT2D eigenvalue weighted by Gasteiger charge is -2.31. The summed E-state index contributed by atoms with van der Waals surface area (Å²) in [5.41, 5.74) is 1.27. The van der Waals surface area contributed by atoms with Gasteiger partial charge in [0.1, 0.15) is 0 Å². The Labute approximate surface area is 164 Å². The smallest absolute Gasteiger partial charge is 0.319 e. The molecular formula is C20H27N5O3. The Hall–Kier alpha value is -2.90. The van der Waals surface area contributed by atoms with E-state index in [9.17, 15) is 9.59 Å². The number of carbonyl (C=O) groups is 2. The molecule has 0 radical (unpaired) electrons. The number of rotatable bonds is 6. The number of piperidine rings is 1. The SMILES string of the molecule is CCc1noc(CCNC(=O)Nc2ccc(C(=O)N3CCCC(C)C3)cc2)n1. The highest BCUT2D eigenvalue weighted by molar-refractivity contribution is 5.95. The van der Waals surface area contributed by atoms with Crippen LogP contribution in [0.4, 0.5) is 10.5 Å². The van der Waals surface area contributed by atoms with Crippen LogP contribution in [0.15, 0.2) is 28.8 Å². The van der Waals surface area contributed by atoms with Gasteiger partial charge in [0.05, 0.1) is 0 Å². The van der Waals surface area contributed by atoms with E-state index in [0.717, 1.165) is 19.5 Å². The van der Waals surface area contributed by atoms with Gasteiger partial charge >= 0.3 is 6.03 Å². The lowest BCUT2D eigenvalue weighted by molar-refractivity contribution is 0.0683. The number of aryl methyl sites for hydroxylation is 1. The fraction of sp³-hybridized carbons (Fsp3) is 0.500. The van der Waals surface area contributed by atoms with Gasteiger partial charge in [-0.2, -0.15) is 4.98 Å². The monoisotopic (exact) mass is 385 g/mol. The fourth-order valence-electron chi connectivity index (χ4n) is 3.25. The summed E-state index contributed by atoms with van der Waals surface area (Å²) in [7, 11) is 0. The van der Waals surface area contributed by atoms with Gasteiger partial charge in [-0.15, -0.1) is 0 Å². The van der Waals surface area contributed by atoms with Crippen molar-refractivity contribution in [2.45, 2.75) is 39.5 Å². The largest absolute Gasteiger partial charge is 0.339 e. The molecule has 1 aliphatic heterocycles. The maximum absolute atomic E-state index is 12.6. The maximum atomic E-state index is 12.6. The van der Waals surface area contributed by atoms with Crippen LogP contribution in [-0.2, 0) is 12.8 Å². The van der Waals surface area contributed by atoms with Crippen LogP contribution in [0.3, 0.4) is 0 Å². The zero-order valence-electron chi connectivity index (χ0n) is 16.4. The van der Waals surface area contributed by atoms with Crippen molar-refractivity contribution in [2.75, 3.05) is 25.0 Å². The Bertz CT molecular complexity index is 802. The van der Waals surface area contributed by atoms with Crippen molar-refractivity contribution in [3.05, 3.63) is 41.5 Å². The highest BCUT2D eigenvalue weighted by Crippen LogP contribution is 2.19. The number of hydrogen-bond donors (Lipinski definition) is 2. The van der Waals surface area contributed by atoms with E-state index in [4.69, 9.17) is 4.52 Å². The van der Waals surface area contributed by atoms with Crippen molar-refractivity contribution in [1.29, 1.82) is 0 Å². The maximum Gasteiger partial charge on any atom is 0.319 e. The van der Waals surface area contributed by atoms with Crippen molar-refractivity contribution in [3.8, 4) is 0 Å². The molecular weight excluding hydrogens is 358 g/mol. The third kappa shape index (κ3) is 5.31. The van der Waals surface area contributed by atoms with Gasteiger partial charge in [0.25, 0.3) is 5.91 Å². The highest BCUT2D eigenvalue weighted by atomic mass is 16.5. The lowest BCUT2D eigenvalue weighted by Crippen LogP contribution is -2.39. The van der Waals surface area contributed by atoms with Crippen LogP contribution in [0.5, 0.6) is 0 Å². The molecule has 28 heavy (non-hydrogen) atoms. The third-order valence-electron chi connectivity index (χ3n) is 4.78. The first kappa shape index (κ1) is 19.9. The summed E-state index contributed by atoms with van der Waals surface area (Å²) >= 11 is 0. The molecule has 1 unspecified atom stereocenters. The van der Waals surface area contributed by atoms with Gasteiger partial charge in [-0.05, 0) is 43.0 Å². The minimum absolute atomic E-state index is 0.0496. The predicted molar refractivity (Wildman–Crippen MR) is 105 cm³/mol. The number of anilines is 1. The van der Waals surface area contributed by atoms with Crippen LogP contribution >= 0.6 is 0 Å². The van der Waals surface area contributed by atoms with Gasteiger partial charge < -0.3 is 20.1 Å². The van der Waals surface area contributed by atoms with Gasteiger partial charge in [0.2, 0.25) is 5.89 Å². The molecule has 8 nitrogen and oxygen atoms in total. The Kier molecular flexibility index (Phi) is 6.62. The molecule has 0 aliphatic carbocycles. The summed E-state index contributed by atoms with van der Waals surface area (Å²) in [5, 5.41) is 9.32. The molecule has 1 fully saturated rings. The first-order valence-corrected chi connectivity index (χ1v) is 9.80. The Morgan fingerprint density at radius 3 is 2.75 bits per heavy atom. The van der Waals surface area contributed by atoms with Crippen molar-refractivity contribution < 1.29 is 14.1 Å². The van der Waals surface area contributed by atoms with E-state index in [2.05, 4.69) is 27.7 Å². The number of carbonyl (C=O) groups excluding carboxylic acids is 2. The average molecular weight is 385 g/mol. The van der Waals surface area contributed by atoms with Gasteiger partial charge in [-0.3, -0.25) is 4.79 Å². The number of aromatic nitrogens is 2. The Balaban J connectivity index is 1.45. The molecule has 0 saturated carbocycles. The molecule has 8 heteroatoms. The number of amides is 3. The van der Waals surface area contributed by atoms with E-state index in [1.807, 2.05) is 11.8 Å². The average Bonchev–Trinajstić information content (AvgIpc) is 3.16. The van der Waals surface area contributed by atoms with Crippen LogP contribution in [0.2, 0.25) is 0 Å². The highest BCUT2D eigenvalue weighted by Gasteiger charge is 2.21.